The molecular formula is C19H25N3O3. The van der Waals surface area contributed by atoms with Crippen molar-refractivity contribution in [3.63, 3.8) is 0 Å². The Hall–Kier alpha value is -2.37. The quantitative estimate of drug-likeness (QED) is 0.804. The molecule has 0 saturated heterocycles. The number of hydrogen-bond acceptors (Lipinski definition) is 4. The Bertz CT molecular complexity index is 741. The Kier molecular flexibility index (Phi) is 4.31. The van der Waals surface area contributed by atoms with Crippen molar-refractivity contribution in [1.82, 2.24) is 5.43 Å². The number of nitrogens with zero attached hydrogens (tertiary/aromatic N) is 1. The molecule has 1 aromatic rings. The van der Waals surface area contributed by atoms with E-state index in [1.807, 2.05) is 0 Å². The molecule has 0 radical (unpaired) electrons. The molecule has 25 heavy (non-hydrogen) atoms. The number of nitrogens with one attached hydrogen (secondary N) is 1. The first-order valence-electron chi connectivity index (χ1n) is 8.63. The van der Waals surface area contributed by atoms with Crippen LogP contribution in [0.5, 0.6) is 5.75 Å². The standard InChI is InChI=1S/C19H25N3O3/c1-18(2)12-8-9-19(18,3)15(10-12)21-22-16(23)11-25-14-7-5-4-6-13(14)17(20)24/h4-7,12H,8-11H2,1-3H3,(H2,20,24)(H,22,23)/b21-15+/t12-,19+/m1/s1. The second-order valence-corrected chi connectivity index (χ2v) is 7.74. The minimum absolute atomic E-state index is 0.0460. The van der Waals surface area contributed by atoms with Crippen LogP contribution in [0.2, 0.25) is 0 Å². The van der Waals surface area contributed by atoms with Gasteiger partial charge >= 0.3 is 0 Å². The van der Waals surface area contributed by atoms with Crippen molar-refractivity contribution in [1.29, 1.82) is 0 Å². The predicted molar refractivity (Wildman–Crippen MR) is 95.3 cm³/mol. The summed E-state index contributed by atoms with van der Waals surface area (Å²) in [6.07, 6.45) is 3.28. The van der Waals surface area contributed by atoms with Crippen molar-refractivity contribution in [3.8, 4) is 5.75 Å². The molecule has 0 aliphatic heterocycles. The topological polar surface area (TPSA) is 93.8 Å². The molecule has 0 heterocycles. The van der Waals surface area contributed by atoms with Crippen LogP contribution in [-0.4, -0.2) is 24.1 Å². The summed E-state index contributed by atoms with van der Waals surface area (Å²) in [4.78, 5) is 23.4. The monoisotopic (exact) mass is 343 g/mol. The molecule has 3 rings (SSSR count). The van der Waals surface area contributed by atoms with Gasteiger partial charge in [0.25, 0.3) is 11.8 Å². The zero-order chi connectivity index (χ0) is 18.2. The number of fused-ring (bicyclic) bond motifs is 2. The Balaban J connectivity index is 1.61. The number of amides is 2. The molecule has 0 spiro atoms. The predicted octanol–water partition coefficient (Wildman–Crippen LogP) is 2.48. The summed E-state index contributed by atoms with van der Waals surface area (Å²) in [5.74, 6) is -0.0120. The van der Waals surface area contributed by atoms with Crippen LogP contribution in [0, 0.1) is 16.7 Å². The highest BCUT2D eigenvalue weighted by molar-refractivity contribution is 5.96. The maximum absolute atomic E-state index is 12.1. The van der Waals surface area contributed by atoms with E-state index in [4.69, 9.17) is 10.5 Å². The van der Waals surface area contributed by atoms with Gasteiger partial charge in [0.1, 0.15) is 5.75 Å². The molecule has 2 aliphatic carbocycles. The molecule has 2 saturated carbocycles. The van der Waals surface area contributed by atoms with Crippen LogP contribution in [0.15, 0.2) is 29.4 Å². The van der Waals surface area contributed by atoms with Gasteiger partial charge in [-0.15, -0.1) is 0 Å². The number of benzene rings is 1. The summed E-state index contributed by atoms with van der Waals surface area (Å²) >= 11 is 0. The fourth-order valence-corrected chi connectivity index (χ4v) is 4.20. The van der Waals surface area contributed by atoms with E-state index in [1.54, 1.807) is 24.3 Å². The second-order valence-electron chi connectivity index (χ2n) is 7.74. The lowest BCUT2D eigenvalue weighted by Gasteiger charge is -2.34. The number of carbonyl (C=O) groups is 2. The molecule has 6 heteroatoms. The molecular weight excluding hydrogens is 318 g/mol. The summed E-state index contributed by atoms with van der Waals surface area (Å²) in [6.45, 7) is 6.60. The third-order valence-electron chi connectivity index (χ3n) is 6.34. The van der Waals surface area contributed by atoms with Crippen molar-refractivity contribution in [2.24, 2.45) is 27.6 Å². The van der Waals surface area contributed by atoms with Crippen LogP contribution in [0.25, 0.3) is 0 Å². The average molecular weight is 343 g/mol. The van der Waals surface area contributed by atoms with E-state index in [1.165, 1.54) is 6.42 Å². The smallest absolute Gasteiger partial charge is 0.277 e. The summed E-state index contributed by atoms with van der Waals surface area (Å²) in [7, 11) is 0. The second kappa shape index (κ2) is 6.17. The Morgan fingerprint density at radius 3 is 2.64 bits per heavy atom. The van der Waals surface area contributed by atoms with Crippen molar-refractivity contribution >= 4 is 17.5 Å². The van der Waals surface area contributed by atoms with Gasteiger partial charge in [-0.05, 0) is 42.7 Å². The maximum Gasteiger partial charge on any atom is 0.277 e. The highest BCUT2D eigenvalue weighted by Crippen LogP contribution is 2.63. The first-order chi connectivity index (χ1) is 11.8. The Labute approximate surface area is 147 Å². The van der Waals surface area contributed by atoms with Gasteiger partial charge < -0.3 is 10.5 Å². The fourth-order valence-electron chi connectivity index (χ4n) is 4.20. The number of carbonyl (C=O) groups excluding carboxylic acids is 2. The van der Waals surface area contributed by atoms with E-state index in [9.17, 15) is 9.59 Å². The van der Waals surface area contributed by atoms with Gasteiger partial charge in [0.05, 0.1) is 5.56 Å². The molecule has 2 atom stereocenters. The molecule has 1 aromatic carbocycles. The van der Waals surface area contributed by atoms with Crippen LogP contribution in [-0.2, 0) is 4.79 Å². The minimum atomic E-state index is -0.589. The lowest BCUT2D eigenvalue weighted by Crippen LogP contribution is -2.35. The van der Waals surface area contributed by atoms with Crippen LogP contribution >= 0.6 is 0 Å². The van der Waals surface area contributed by atoms with Crippen molar-refractivity contribution < 1.29 is 14.3 Å². The van der Waals surface area contributed by atoms with E-state index in [0.717, 1.165) is 18.6 Å². The molecule has 2 fully saturated rings. The fraction of sp³-hybridized carbons (Fsp3) is 0.526. The molecule has 0 unspecified atom stereocenters. The van der Waals surface area contributed by atoms with E-state index in [2.05, 4.69) is 31.3 Å². The summed E-state index contributed by atoms with van der Waals surface area (Å²) < 4.78 is 5.42. The lowest BCUT2D eigenvalue weighted by molar-refractivity contribution is -0.123. The van der Waals surface area contributed by atoms with Crippen LogP contribution in [0.3, 0.4) is 0 Å². The molecule has 0 aromatic heterocycles. The number of nitrogens with two attached hydrogens (primary N) is 1. The van der Waals surface area contributed by atoms with E-state index < -0.39 is 5.91 Å². The van der Waals surface area contributed by atoms with Gasteiger partial charge in [0, 0.05) is 11.1 Å². The summed E-state index contributed by atoms with van der Waals surface area (Å²) in [6, 6.07) is 6.58. The molecule has 3 N–H and O–H groups in total. The van der Waals surface area contributed by atoms with Gasteiger partial charge in [-0.25, -0.2) is 5.43 Å². The highest BCUT2D eigenvalue weighted by Gasteiger charge is 2.59. The van der Waals surface area contributed by atoms with Crippen LogP contribution in [0.4, 0.5) is 0 Å². The Morgan fingerprint density at radius 2 is 2.04 bits per heavy atom. The number of hydrazone groups is 1. The summed E-state index contributed by atoms with van der Waals surface area (Å²) in [5.41, 5.74) is 9.48. The summed E-state index contributed by atoms with van der Waals surface area (Å²) in [5, 5.41) is 4.39. The third kappa shape index (κ3) is 2.90. The van der Waals surface area contributed by atoms with E-state index >= 15 is 0 Å². The van der Waals surface area contributed by atoms with E-state index in [-0.39, 0.29) is 28.9 Å². The molecule has 134 valence electrons. The first kappa shape index (κ1) is 17.5. The molecule has 6 nitrogen and oxygen atoms in total. The molecule has 2 aliphatic rings. The highest BCUT2D eigenvalue weighted by atomic mass is 16.5. The van der Waals surface area contributed by atoms with Crippen LogP contribution < -0.4 is 15.9 Å². The normalized spacial score (nSPS) is 28.1. The lowest BCUT2D eigenvalue weighted by atomic mass is 9.70. The van der Waals surface area contributed by atoms with Gasteiger partial charge in [0.15, 0.2) is 6.61 Å². The number of hydrogen-bond donors (Lipinski definition) is 2. The largest absolute Gasteiger partial charge is 0.483 e. The van der Waals surface area contributed by atoms with Gasteiger partial charge in [-0.3, -0.25) is 9.59 Å². The zero-order valence-corrected chi connectivity index (χ0v) is 15.0. The van der Waals surface area contributed by atoms with Gasteiger partial charge in [0.2, 0.25) is 0 Å². The maximum atomic E-state index is 12.1. The van der Waals surface area contributed by atoms with Gasteiger partial charge in [-0.2, -0.15) is 5.10 Å². The number of para-hydroxylation sites is 1. The third-order valence-corrected chi connectivity index (χ3v) is 6.34. The van der Waals surface area contributed by atoms with E-state index in [0.29, 0.717) is 11.7 Å². The first-order valence-corrected chi connectivity index (χ1v) is 8.63. The zero-order valence-electron chi connectivity index (χ0n) is 15.0. The minimum Gasteiger partial charge on any atom is -0.483 e. The molecule has 2 bridgehead atoms. The molecule has 2 amide bonds. The Morgan fingerprint density at radius 1 is 1.32 bits per heavy atom. The van der Waals surface area contributed by atoms with Gasteiger partial charge in [-0.1, -0.05) is 32.9 Å². The average Bonchev–Trinajstić information content (AvgIpc) is 2.91. The SMILES string of the molecule is CC1(C)[C@@H]2CC[C@@]1(C)/C(=N/NC(=O)COc1ccccc1C(N)=O)C2. The number of primary amides is 1. The number of ether oxygens (including phenoxy) is 1. The number of rotatable bonds is 5. The van der Waals surface area contributed by atoms with Crippen molar-refractivity contribution in [2.75, 3.05) is 6.61 Å². The van der Waals surface area contributed by atoms with Crippen LogP contribution in [0.1, 0.15) is 50.4 Å². The van der Waals surface area contributed by atoms with Crippen molar-refractivity contribution in [3.05, 3.63) is 29.8 Å². The van der Waals surface area contributed by atoms with Crippen molar-refractivity contribution in [2.45, 2.75) is 40.0 Å².